The molecule has 1 aliphatic rings. The van der Waals surface area contributed by atoms with Gasteiger partial charge in [0.1, 0.15) is 6.10 Å². The molecule has 1 unspecified atom stereocenters. The quantitative estimate of drug-likeness (QED) is 0.832. The first-order chi connectivity index (χ1) is 9.49. The summed E-state index contributed by atoms with van der Waals surface area (Å²) in [4.78, 5) is 23.3. The summed E-state index contributed by atoms with van der Waals surface area (Å²) >= 11 is 0. The zero-order valence-electron chi connectivity index (χ0n) is 11.8. The Kier molecular flexibility index (Phi) is 4.39. The highest BCUT2D eigenvalue weighted by molar-refractivity contribution is 5.99. The largest absolute Gasteiger partial charge is 0.368 e. The molecule has 0 spiro atoms. The second-order valence-electron chi connectivity index (χ2n) is 5.25. The number of anilines is 1. The Morgan fingerprint density at radius 2 is 2.15 bits per heavy atom. The summed E-state index contributed by atoms with van der Waals surface area (Å²) in [5.74, 6) is -0.0998. The summed E-state index contributed by atoms with van der Waals surface area (Å²) in [6.07, 6.45) is 1.87. The Bertz CT molecular complexity index is 524. The van der Waals surface area contributed by atoms with Gasteiger partial charge in [-0.15, -0.1) is 0 Å². The van der Waals surface area contributed by atoms with Gasteiger partial charge in [0.05, 0.1) is 6.61 Å². The molecule has 1 saturated carbocycles. The molecule has 1 aliphatic carbocycles. The molecule has 5 nitrogen and oxygen atoms in total. The van der Waals surface area contributed by atoms with Gasteiger partial charge in [0.2, 0.25) is 5.91 Å². The van der Waals surface area contributed by atoms with Crippen LogP contribution >= 0.6 is 0 Å². The molecule has 0 aliphatic heterocycles. The van der Waals surface area contributed by atoms with Crippen LogP contribution in [0.3, 0.4) is 0 Å². The molecule has 0 heterocycles. The Morgan fingerprint density at radius 3 is 2.75 bits per heavy atom. The van der Waals surface area contributed by atoms with E-state index >= 15 is 0 Å². The van der Waals surface area contributed by atoms with E-state index in [0.717, 1.165) is 0 Å². The van der Waals surface area contributed by atoms with Gasteiger partial charge in [-0.05, 0) is 50.3 Å². The van der Waals surface area contributed by atoms with E-state index in [-0.39, 0.29) is 5.91 Å². The standard InChI is InChI=1S/C15H20N2O3/c1-9-12(14(16)18)4-3-5-13(9)17-15(19)10(2)20-8-11-6-7-11/h3-5,10-11H,6-8H2,1-2H3,(H2,16,18)(H,17,19). The van der Waals surface area contributed by atoms with Gasteiger partial charge in [0.15, 0.2) is 0 Å². The van der Waals surface area contributed by atoms with Gasteiger partial charge >= 0.3 is 0 Å². The Hall–Kier alpha value is -1.88. The summed E-state index contributed by atoms with van der Waals surface area (Å²) in [6, 6.07) is 5.08. The van der Waals surface area contributed by atoms with Crippen molar-refractivity contribution in [2.45, 2.75) is 32.8 Å². The molecular weight excluding hydrogens is 256 g/mol. The van der Waals surface area contributed by atoms with Gasteiger partial charge < -0.3 is 15.8 Å². The molecule has 0 bridgehead atoms. The summed E-state index contributed by atoms with van der Waals surface area (Å²) in [5.41, 5.74) is 6.96. The third kappa shape index (κ3) is 3.57. The highest BCUT2D eigenvalue weighted by Gasteiger charge is 2.24. The number of benzene rings is 1. The SMILES string of the molecule is Cc1c(NC(=O)C(C)OCC2CC2)cccc1C(N)=O. The molecule has 20 heavy (non-hydrogen) atoms. The molecule has 108 valence electrons. The predicted octanol–water partition coefficient (Wildman–Crippen LogP) is 1.85. The lowest BCUT2D eigenvalue weighted by molar-refractivity contribution is -0.126. The van der Waals surface area contributed by atoms with Crippen LogP contribution in [-0.2, 0) is 9.53 Å². The number of amides is 2. The fourth-order valence-corrected chi connectivity index (χ4v) is 1.91. The van der Waals surface area contributed by atoms with E-state index < -0.39 is 12.0 Å². The lowest BCUT2D eigenvalue weighted by Crippen LogP contribution is -2.29. The van der Waals surface area contributed by atoms with Crippen LogP contribution in [-0.4, -0.2) is 24.5 Å². The average Bonchev–Trinajstić information content (AvgIpc) is 3.22. The zero-order valence-corrected chi connectivity index (χ0v) is 11.8. The minimum atomic E-state index is -0.507. The van der Waals surface area contributed by atoms with Crippen LogP contribution in [0.4, 0.5) is 5.69 Å². The summed E-state index contributed by atoms with van der Waals surface area (Å²) in [6.45, 7) is 4.12. The van der Waals surface area contributed by atoms with Gasteiger partial charge in [-0.25, -0.2) is 0 Å². The maximum atomic E-state index is 12.0. The monoisotopic (exact) mass is 276 g/mol. The van der Waals surface area contributed by atoms with Crippen LogP contribution in [0.15, 0.2) is 18.2 Å². The number of ether oxygens (including phenoxy) is 1. The maximum Gasteiger partial charge on any atom is 0.253 e. The van der Waals surface area contributed by atoms with E-state index in [1.54, 1.807) is 32.0 Å². The number of nitrogens with two attached hydrogens (primary N) is 1. The maximum absolute atomic E-state index is 12.0. The van der Waals surface area contributed by atoms with Crippen LogP contribution in [0.1, 0.15) is 35.7 Å². The number of rotatable bonds is 6. The molecule has 5 heteroatoms. The molecule has 3 N–H and O–H groups in total. The smallest absolute Gasteiger partial charge is 0.253 e. The summed E-state index contributed by atoms with van der Waals surface area (Å²) in [7, 11) is 0. The van der Waals surface area contributed by atoms with Gasteiger partial charge in [-0.3, -0.25) is 9.59 Å². The molecular formula is C15H20N2O3. The fraction of sp³-hybridized carbons (Fsp3) is 0.467. The second kappa shape index (κ2) is 6.05. The number of primary amides is 1. The first-order valence-corrected chi connectivity index (χ1v) is 6.81. The third-order valence-corrected chi connectivity index (χ3v) is 3.51. The summed E-state index contributed by atoms with van der Waals surface area (Å²) < 4.78 is 5.51. The van der Waals surface area contributed by atoms with Crippen LogP contribution in [0.25, 0.3) is 0 Å². The van der Waals surface area contributed by atoms with Crippen molar-refractivity contribution < 1.29 is 14.3 Å². The molecule has 2 amide bonds. The average molecular weight is 276 g/mol. The molecule has 0 radical (unpaired) electrons. The molecule has 1 aromatic rings. The molecule has 0 saturated heterocycles. The lowest BCUT2D eigenvalue weighted by atomic mass is 10.1. The van der Waals surface area contributed by atoms with Crippen LogP contribution in [0, 0.1) is 12.8 Å². The Balaban J connectivity index is 1.99. The van der Waals surface area contributed by atoms with E-state index in [1.165, 1.54) is 12.8 Å². The van der Waals surface area contributed by atoms with Crippen molar-refractivity contribution in [2.75, 3.05) is 11.9 Å². The van der Waals surface area contributed by atoms with E-state index in [4.69, 9.17) is 10.5 Å². The van der Waals surface area contributed by atoms with Gasteiger partial charge in [-0.1, -0.05) is 6.07 Å². The molecule has 0 aromatic heterocycles. The molecule has 1 atom stereocenters. The van der Waals surface area contributed by atoms with Gasteiger partial charge in [0.25, 0.3) is 5.91 Å². The van der Waals surface area contributed by atoms with Crippen LogP contribution < -0.4 is 11.1 Å². The predicted molar refractivity (Wildman–Crippen MR) is 76.5 cm³/mol. The van der Waals surface area contributed by atoms with Crippen molar-refractivity contribution in [2.24, 2.45) is 11.7 Å². The molecule has 1 aromatic carbocycles. The normalized spacial score (nSPS) is 15.7. The third-order valence-electron chi connectivity index (χ3n) is 3.51. The van der Waals surface area contributed by atoms with Crippen molar-refractivity contribution in [1.29, 1.82) is 0 Å². The highest BCUT2D eigenvalue weighted by atomic mass is 16.5. The summed E-state index contributed by atoms with van der Waals surface area (Å²) in [5, 5.41) is 2.78. The van der Waals surface area contributed by atoms with E-state index in [9.17, 15) is 9.59 Å². The number of hydrogen-bond acceptors (Lipinski definition) is 3. The van der Waals surface area contributed by atoms with Crippen LogP contribution in [0.5, 0.6) is 0 Å². The number of carbonyl (C=O) groups is 2. The second-order valence-corrected chi connectivity index (χ2v) is 5.25. The molecule has 2 rings (SSSR count). The Labute approximate surface area is 118 Å². The van der Waals surface area contributed by atoms with Crippen molar-refractivity contribution in [1.82, 2.24) is 0 Å². The molecule has 1 fully saturated rings. The number of hydrogen-bond donors (Lipinski definition) is 2. The topological polar surface area (TPSA) is 81.4 Å². The van der Waals surface area contributed by atoms with Crippen molar-refractivity contribution >= 4 is 17.5 Å². The van der Waals surface area contributed by atoms with Crippen molar-refractivity contribution in [3.05, 3.63) is 29.3 Å². The Morgan fingerprint density at radius 1 is 1.45 bits per heavy atom. The number of carbonyl (C=O) groups excluding carboxylic acids is 2. The van der Waals surface area contributed by atoms with E-state index in [1.807, 2.05) is 0 Å². The van der Waals surface area contributed by atoms with E-state index in [2.05, 4.69) is 5.32 Å². The minimum Gasteiger partial charge on any atom is -0.368 e. The van der Waals surface area contributed by atoms with Crippen molar-refractivity contribution in [3.8, 4) is 0 Å². The minimum absolute atomic E-state index is 0.213. The van der Waals surface area contributed by atoms with Gasteiger partial charge in [0, 0.05) is 11.3 Å². The first kappa shape index (κ1) is 14.5. The zero-order chi connectivity index (χ0) is 14.7. The van der Waals surface area contributed by atoms with Crippen LogP contribution in [0.2, 0.25) is 0 Å². The van der Waals surface area contributed by atoms with Gasteiger partial charge in [-0.2, -0.15) is 0 Å². The number of nitrogens with one attached hydrogen (secondary N) is 1. The lowest BCUT2D eigenvalue weighted by Gasteiger charge is -2.15. The highest BCUT2D eigenvalue weighted by Crippen LogP contribution is 2.29. The first-order valence-electron chi connectivity index (χ1n) is 6.81. The van der Waals surface area contributed by atoms with E-state index in [0.29, 0.717) is 29.3 Å². The van der Waals surface area contributed by atoms with Crippen molar-refractivity contribution in [3.63, 3.8) is 0 Å². The fourth-order valence-electron chi connectivity index (χ4n) is 1.91.